The Labute approximate surface area is 81.4 Å². The maximum Gasteiger partial charge on any atom is 0.140 e. The van der Waals surface area contributed by atoms with E-state index in [4.69, 9.17) is 5.73 Å². The lowest BCUT2D eigenvalue weighted by Gasteiger charge is -2.00. The van der Waals surface area contributed by atoms with Crippen molar-refractivity contribution < 1.29 is 0 Å². The van der Waals surface area contributed by atoms with Gasteiger partial charge in [0.2, 0.25) is 0 Å². The van der Waals surface area contributed by atoms with Gasteiger partial charge in [-0.05, 0) is 0 Å². The second kappa shape index (κ2) is 3.59. The van der Waals surface area contributed by atoms with E-state index in [9.17, 15) is 0 Å². The zero-order valence-corrected chi connectivity index (χ0v) is 7.96. The van der Waals surface area contributed by atoms with Crippen molar-refractivity contribution in [3.63, 3.8) is 0 Å². The van der Waals surface area contributed by atoms with Gasteiger partial charge in [-0.1, -0.05) is 0 Å². The topological polar surface area (TPSA) is 74.5 Å². The van der Waals surface area contributed by atoms with Crippen LogP contribution >= 0.6 is 0 Å². The Morgan fingerprint density at radius 2 is 2.29 bits per heavy atom. The molecule has 0 spiro atoms. The fourth-order valence-electron chi connectivity index (χ4n) is 1.30. The van der Waals surface area contributed by atoms with E-state index in [0.717, 1.165) is 11.4 Å². The molecular formula is C8H12N6. The Morgan fingerprint density at radius 1 is 1.43 bits per heavy atom. The van der Waals surface area contributed by atoms with Gasteiger partial charge in [0, 0.05) is 18.8 Å². The van der Waals surface area contributed by atoms with Gasteiger partial charge in [0.1, 0.15) is 12.2 Å². The van der Waals surface area contributed by atoms with Crippen LogP contribution in [-0.2, 0) is 20.1 Å². The van der Waals surface area contributed by atoms with E-state index in [0.29, 0.717) is 13.1 Å². The molecule has 0 saturated carbocycles. The number of nitrogens with zero attached hydrogens (tertiary/aromatic N) is 5. The molecule has 6 heteroatoms. The minimum absolute atomic E-state index is 0.403. The second-order valence-corrected chi connectivity index (χ2v) is 3.06. The average Bonchev–Trinajstić information content (AvgIpc) is 2.76. The Hall–Kier alpha value is -1.69. The summed E-state index contributed by atoms with van der Waals surface area (Å²) in [5.41, 5.74) is 6.60. The Morgan fingerprint density at radius 3 is 2.93 bits per heavy atom. The van der Waals surface area contributed by atoms with Crippen LogP contribution in [0.3, 0.4) is 0 Å². The number of rotatable bonds is 3. The number of hydrogen-bond acceptors (Lipinski definition) is 4. The molecule has 0 unspecified atom stereocenters. The minimum Gasteiger partial charge on any atom is -0.324 e. The van der Waals surface area contributed by atoms with Crippen LogP contribution in [0, 0.1) is 0 Å². The summed E-state index contributed by atoms with van der Waals surface area (Å²) in [5.74, 6) is 0.786. The zero-order valence-electron chi connectivity index (χ0n) is 7.96. The quantitative estimate of drug-likeness (QED) is 0.712. The first kappa shape index (κ1) is 8.89. The Bertz CT molecular complexity index is 415. The normalized spacial score (nSPS) is 10.7. The van der Waals surface area contributed by atoms with E-state index in [-0.39, 0.29) is 0 Å². The van der Waals surface area contributed by atoms with Crippen molar-refractivity contribution in [1.29, 1.82) is 0 Å². The van der Waals surface area contributed by atoms with Crippen LogP contribution in [0.2, 0.25) is 0 Å². The molecule has 2 N–H and O–H groups in total. The molecule has 0 aromatic carbocycles. The molecule has 74 valence electrons. The summed E-state index contributed by atoms with van der Waals surface area (Å²) < 4.78 is 3.53. The van der Waals surface area contributed by atoms with Gasteiger partial charge in [-0.25, -0.2) is 9.67 Å². The molecule has 0 aliphatic heterocycles. The molecule has 0 radical (unpaired) electrons. The first-order valence-electron chi connectivity index (χ1n) is 4.34. The summed E-state index contributed by atoms with van der Waals surface area (Å²) in [6.45, 7) is 1.07. The highest BCUT2D eigenvalue weighted by Gasteiger charge is 2.03. The van der Waals surface area contributed by atoms with E-state index in [1.54, 1.807) is 9.36 Å². The number of aryl methyl sites for hydroxylation is 1. The van der Waals surface area contributed by atoms with Crippen molar-refractivity contribution in [2.75, 3.05) is 0 Å². The highest BCUT2D eigenvalue weighted by molar-refractivity contribution is 5.04. The van der Waals surface area contributed by atoms with Gasteiger partial charge in [0.15, 0.2) is 0 Å². The van der Waals surface area contributed by atoms with Crippen molar-refractivity contribution in [2.45, 2.75) is 13.1 Å². The van der Waals surface area contributed by atoms with E-state index in [1.807, 2.05) is 19.4 Å². The van der Waals surface area contributed by atoms with Crippen LogP contribution in [0.4, 0.5) is 0 Å². The fourth-order valence-corrected chi connectivity index (χ4v) is 1.30. The van der Waals surface area contributed by atoms with Gasteiger partial charge in [-0.15, -0.1) is 0 Å². The van der Waals surface area contributed by atoms with Crippen LogP contribution in [0.25, 0.3) is 0 Å². The van der Waals surface area contributed by atoms with Crippen molar-refractivity contribution >= 4 is 0 Å². The van der Waals surface area contributed by atoms with Gasteiger partial charge >= 0.3 is 0 Å². The molecule has 0 aliphatic rings. The van der Waals surface area contributed by atoms with Gasteiger partial charge < -0.3 is 5.73 Å². The zero-order chi connectivity index (χ0) is 9.97. The molecule has 0 atom stereocenters. The molecule has 2 rings (SSSR count). The van der Waals surface area contributed by atoms with Gasteiger partial charge in [0.25, 0.3) is 0 Å². The lowest BCUT2D eigenvalue weighted by atomic mass is 10.3. The molecule has 6 nitrogen and oxygen atoms in total. The van der Waals surface area contributed by atoms with Crippen molar-refractivity contribution in [3.05, 3.63) is 30.1 Å². The predicted octanol–water partition coefficient (Wildman–Crippen LogP) is -0.481. The highest BCUT2D eigenvalue weighted by Crippen LogP contribution is 2.01. The minimum atomic E-state index is 0.403. The van der Waals surface area contributed by atoms with Crippen LogP contribution in [0.5, 0.6) is 0 Å². The summed E-state index contributed by atoms with van der Waals surface area (Å²) in [7, 11) is 1.88. The van der Waals surface area contributed by atoms with Crippen molar-refractivity contribution in [2.24, 2.45) is 12.8 Å². The summed E-state index contributed by atoms with van der Waals surface area (Å²) in [5, 5.41) is 8.16. The highest BCUT2D eigenvalue weighted by atomic mass is 15.3. The third-order valence-corrected chi connectivity index (χ3v) is 1.97. The molecular weight excluding hydrogens is 180 g/mol. The van der Waals surface area contributed by atoms with Crippen LogP contribution in [0.1, 0.15) is 11.4 Å². The monoisotopic (exact) mass is 192 g/mol. The van der Waals surface area contributed by atoms with Gasteiger partial charge in [-0.2, -0.15) is 10.2 Å². The maximum atomic E-state index is 5.51. The average molecular weight is 192 g/mol. The smallest absolute Gasteiger partial charge is 0.140 e. The summed E-state index contributed by atoms with van der Waals surface area (Å²) in [6, 6.07) is 0. The molecule has 0 bridgehead atoms. The summed E-state index contributed by atoms with van der Waals surface area (Å²) in [6.07, 6.45) is 5.27. The van der Waals surface area contributed by atoms with Crippen LogP contribution in [-0.4, -0.2) is 24.5 Å². The molecule has 2 aromatic rings. The van der Waals surface area contributed by atoms with Crippen molar-refractivity contribution in [1.82, 2.24) is 24.5 Å². The first-order valence-corrected chi connectivity index (χ1v) is 4.34. The van der Waals surface area contributed by atoms with Gasteiger partial charge in [-0.3, -0.25) is 4.68 Å². The first-order chi connectivity index (χ1) is 6.79. The van der Waals surface area contributed by atoms with Crippen molar-refractivity contribution in [3.8, 4) is 0 Å². The molecule has 0 fully saturated rings. The lowest BCUT2D eigenvalue weighted by molar-refractivity contribution is 0.638. The SMILES string of the molecule is Cn1cc(Cn2ncnc2CN)cn1. The Balaban J connectivity index is 2.18. The Kier molecular flexibility index (Phi) is 2.28. The molecule has 0 aliphatic carbocycles. The predicted molar refractivity (Wildman–Crippen MR) is 50.2 cm³/mol. The molecule has 14 heavy (non-hydrogen) atoms. The standard InChI is InChI=1S/C8H12N6/c1-13-4-7(3-11-13)5-14-8(2-9)10-6-12-14/h3-4,6H,2,5,9H2,1H3. The third-order valence-electron chi connectivity index (χ3n) is 1.97. The third kappa shape index (κ3) is 1.64. The van der Waals surface area contributed by atoms with E-state index >= 15 is 0 Å². The fraction of sp³-hybridized carbons (Fsp3) is 0.375. The van der Waals surface area contributed by atoms with E-state index in [1.165, 1.54) is 6.33 Å². The van der Waals surface area contributed by atoms with E-state index < -0.39 is 0 Å². The number of nitrogens with two attached hydrogens (primary N) is 1. The molecule has 0 amide bonds. The summed E-state index contributed by atoms with van der Waals surface area (Å²) >= 11 is 0. The van der Waals surface area contributed by atoms with E-state index in [2.05, 4.69) is 15.2 Å². The second-order valence-electron chi connectivity index (χ2n) is 3.06. The van der Waals surface area contributed by atoms with Crippen LogP contribution in [0.15, 0.2) is 18.7 Å². The number of aromatic nitrogens is 5. The van der Waals surface area contributed by atoms with Crippen LogP contribution < -0.4 is 5.73 Å². The summed E-state index contributed by atoms with van der Waals surface area (Å²) in [4.78, 5) is 4.04. The van der Waals surface area contributed by atoms with Gasteiger partial charge in [0.05, 0.1) is 19.3 Å². The largest absolute Gasteiger partial charge is 0.324 e. The number of hydrogen-bond donors (Lipinski definition) is 1. The molecule has 0 saturated heterocycles. The lowest BCUT2D eigenvalue weighted by Crippen LogP contribution is -2.10. The molecule has 2 heterocycles. The maximum absolute atomic E-state index is 5.51. The molecule has 2 aromatic heterocycles.